The van der Waals surface area contributed by atoms with Gasteiger partial charge >= 0.3 is 24.6 Å². The second-order valence-corrected chi connectivity index (χ2v) is 25.3. The van der Waals surface area contributed by atoms with Crippen LogP contribution in [0, 0.1) is 10.2 Å². The van der Waals surface area contributed by atoms with Crippen LogP contribution < -0.4 is 52.7 Å². The fraction of sp³-hybridized carbons (Fsp3) is 0.487. The average Bonchev–Trinajstić information content (AvgIpc) is 1.71. The number of benzene rings is 5. The van der Waals surface area contributed by atoms with Crippen molar-refractivity contribution in [2.24, 2.45) is 0 Å². The number of rotatable bonds is 14. The summed E-state index contributed by atoms with van der Waals surface area (Å²) in [6, 6.07) is 28.7. The summed E-state index contributed by atoms with van der Waals surface area (Å²) in [5.41, 5.74) is 14.2. The number of phenols is 3. The molecule has 6 atom stereocenters. The molecule has 0 bridgehead atoms. The number of carbonyl (C=O) groups excluding carboxylic acids is 2. The Labute approximate surface area is 612 Å². The number of nitrogens with zero attached hydrogens (tertiary/aromatic N) is 1. The molecular formula is C78H110ClLiN4O17. The fourth-order valence-electron chi connectivity index (χ4n) is 12.8. The van der Waals surface area contributed by atoms with Gasteiger partial charge in [0.15, 0.2) is 18.4 Å². The van der Waals surface area contributed by atoms with E-state index in [1.807, 2.05) is 50.4 Å². The molecule has 14 rings (SSSR count). The van der Waals surface area contributed by atoms with Crippen molar-refractivity contribution in [3.63, 3.8) is 0 Å². The van der Waals surface area contributed by atoms with Crippen LogP contribution in [0.4, 0.5) is 0 Å². The van der Waals surface area contributed by atoms with E-state index in [2.05, 4.69) is 56.8 Å². The number of H-pyrrole nitrogens is 3. The van der Waals surface area contributed by atoms with Crippen LogP contribution in [0.3, 0.4) is 0 Å². The second kappa shape index (κ2) is 46.4. The van der Waals surface area contributed by atoms with Gasteiger partial charge in [0.1, 0.15) is 41.1 Å². The third-order valence-corrected chi connectivity index (χ3v) is 17.1. The molecule has 2 fully saturated rings. The number of imidazole rings is 2. The monoisotopic (exact) mass is 1420 g/mol. The predicted molar refractivity (Wildman–Crippen MR) is 378 cm³/mol. The number of aldehydes is 1. The van der Waals surface area contributed by atoms with Crippen LogP contribution in [-0.2, 0) is 68.7 Å². The van der Waals surface area contributed by atoms with Crippen molar-refractivity contribution in [1.29, 1.82) is 0 Å². The van der Waals surface area contributed by atoms with E-state index < -0.39 is 10.2 Å². The van der Waals surface area contributed by atoms with Gasteiger partial charge in [0.2, 0.25) is 0 Å². The number of aliphatic hydroxyl groups excluding tert-OH is 1. The number of ether oxygens (including phenoxy) is 6. The summed E-state index contributed by atoms with van der Waals surface area (Å²) in [4.78, 5) is 45.4. The Morgan fingerprint density at radius 2 is 1.06 bits per heavy atom. The first kappa shape index (κ1) is 89.9. The zero-order chi connectivity index (χ0) is 69.0. The summed E-state index contributed by atoms with van der Waals surface area (Å²) in [5.74, 6) is 4.38. The van der Waals surface area contributed by atoms with E-state index in [9.17, 15) is 24.6 Å². The maximum atomic E-state index is 11.1. The van der Waals surface area contributed by atoms with E-state index in [0.717, 1.165) is 157 Å². The number of phenolic OH excluding ortho intramolecular Hbond substituents is 3. The molecule has 7 N–H and O–H groups in total. The molecule has 101 heavy (non-hydrogen) atoms. The second-order valence-electron chi connectivity index (χ2n) is 24.5. The topological polar surface area (TPSA) is 340 Å². The van der Waals surface area contributed by atoms with E-state index >= 15 is 0 Å². The van der Waals surface area contributed by atoms with Gasteiger partial charge in [-0.2, -0.15) is 0 Å². The maximum Gasteiger partial charge on any atom is 1.00 e. The Morgan fingerprint density at radius 3 is 1.51 bits per heavy atom. The maximum absolute atomic E-state index is 11.1. The van der Waals surface area contributed by atoms with Crippen LogP contribution in [0.5, 0.6) is 28.7 Å². The van der Waals surface area contributed by atoms with Crippen molar-refractivity contribution in [3.8, 4) is 28.7 Å². The molecule has 0 radical (unpaired) electrons. The van der Waals surface area contributed by atoms with Gasteiger partial charge in [-0.1, -0.05) is 60.6 Å². The summed E-state index contributed by atoms with van der Waals surface area (Å²) < 4.78 is 67.3. The van der Waals surface area contributed by atoms with Gasteiger partial charge in [0, 0.05) is 74.3 Å². The van der Waals surface area contributed by atoms with Crippen molar-refractivity contribution in [3.05, 3.63) is 200 Å². The van der Waals surface area contributed by atoms with Crippen LogP contribution in [0.25, 0.3) is 0 Å². The number of Topliss-reactive ketones (excluding diaryl/α,β-unsaturated/α-hetero) is 1. The Bertz CT molecular complexity index is 3470. The van der Waals surface area contributed by atoms with Gasteiger partial charge in [-0.05, 0) is 259 Å². The number of aromatic nitrogens is 4. The number of aryl methyl sites for hydroxylation is 5. The fourth-order valence-corrected chi connectivity index (χ4v) is 12.8. The molecule has 2 saturated heterocycles. The first-order valence-corrected chi connectivity index (χ1v) is 34.6. The number of carbonyl (C=O) groups is 2. The van der Waals surface area contributed by atoms with Crippen LogP contribution in [0.15, 0.2) is 127 Å². The zero-order valence-electron chi connectivity index (χ0n) is 56.5. The summed E-state index contributed by atoms with van der Waals surface area (Å²) in [5, 5.41) is 36.0. The number of aromatic amines is 3. The Kier molecular flexibility index (Phi) is 41.3. The molecule has 7 aliphatic rings. The van der Waals surface area contributed by atoms with Crippen molar-refractivity contribution in [1.82, 2.24) is 19.9 Å². The van der Waals surface area contributed by atoms with Gasteiger partial charge in [-0.3, -0.25) is 4.79 Å². The summed E-state index contributed by atoms with van der Waals surface area (Å²) in [6.07, 6.45) is 26.7. The molecule has 0 saturated carbocycles. The third kappa shape index (κ3) is 30.3. The molecule has 2 aromatic heterocycles. The molecule has 5 aromatic carbocycles. The number of hydrogen-bond donors (Lipinski definition) is 7. The minimum absolute atomic E-state index is 0. The number of nitrogens with one attached hydrogen (secondary N) is 3. The van der Waals surface area contributed by atoms with Crippen LogP contribution in [0.2, 0.25) is 0 Å². The van der Waals surface area contributed by atoms with Gasteiger partial charge in [0.05, 0.1) is 25.8 Å². The van der Waals surface area contributed by atoms with Gasteiger partial charge < -0.3 is 68.6 Å². The minimum atomic E-state index is -4.94. The minimum Gasteiger partial charge on any atom is -0.508 e. The van der Waals surface area contributed by atoms with Crippen molar-refractivity contribution < 1.29 is 106 Å². The number of hydrogen-bond acceptors (Lipinski definition) is 18. The summed E-state index contributed by atoms with van der Waals surface area (Å²) >= 11 is 0. The Morgan fingerprint density at radius 1 is 0.604 bits per heavy atom. The van der Waals surface area contributed by atoms with Crippen molar-refractivity contribution in [2.75, 3.05) is 26.4 Å². The smallest absolute Gasteiger partial charge is 0.508 e. The van der Waals surface area contributed by atoms with Gasteiger partial charge in [0.25, 0.3) is 0 Å². The molecule has 2 aliphatic heterocycles. The van der Waals surface area contributed by atoms with E-state index in [1.165, 1.54) is 69.3 Å². The van der Waals surface area contributed by atoms with Crippen molar-refractivity contribution >= 4 is 12.1 Å². The van der Waals surface area contributed by atoms with E-state index in [0.29, 0.717) is 42.1 Å². The number of ketones is 1. The number of fused-ring (bicyclic) bond motifs is 5. The number of aliphatic hydroxyl groups is 1. The Balaban J connectivity index is 0.000000407. The largest absolute Gasteiger partial charge is 1.00 e. The SMILES string of the molecule is C.C.C.C.C=COC1CCc2cc(OC3CCCCO3)ccc21.CC(C)O.CCOCC.O=C1CCc2cc(O)ccc21.O=CCC1CCc2cc(OC3CCCCO3)ccc21.O=c1[nH]cc(CC2CCc3cc(O)ccc32)[nH]1.Oc1ccc2c(c1)CCC2Cc1cnc[nH]1.[Li+].[O-][Cl+3]([O-])([O-])[O-]. The van der Waals surface area contributed by atoms with Crippen LogP contribution in [0.1, 0.15) is 230 Å². The van der Waals surface area contributed by atoms with Crippen LogP contribution >= 0.6 is 0 Å². The Hall–Kier alpha value is -7.23. The van der Waals surface area contributed by atoms with Gasteiger partial charge in [-0.15, -0.1) is 10.2 Å². The molecule has 21 nitrogen and oxygen atoms in total. The van der Waals surface area contributed by atoms with E-state index in [1.54, 1.807) is 56.7 Å². The first-order valence-electron chi connectivity index (χ1n) is 33.3. The molecule has 4 heterocycles. The molecule has 7 aromatic rings. The third-order valence-electron chi connectivity index (χ3n) is 17.1. The molecule has 6 unspecified atom stereocenters. The standard InChI is InChI=1S/2C16H20O3.C13H14N2O2.C13H14N2O.C9H8O2.C4H10O.C3H8O.4CH4.ClHO4.Li/c1-2-17-15-9-6-12-11-13(7-8-14(12)15)19-16-5-3-4-10-18-16;17-9-8-12-4-5-13-11-14(6-7-15(12)13)19-16-3-1-2-10-18-16;16-11-3-4-12-8(1-2-9(12)6-11)5-10-7-14-13(17)15-10;16-12-3-4-13-9(1-2-10(13)6-12)5-11-7-14-8-15-11;10-7-2-3-8-6(5-7)1-4-9(8)11;1-3-5-4-2;1-3(2)4;;;;;2-1(3,4)5;/h2,7-8,11,15-16H,1,3-6,9-10H2;6-7,9,11-12,16H,1-5,8,10H2;3-4,6-8,16H,1-2,5H2,(H2,14,15,17);3-4,6-9,16H,1-2,5H2,(H,14,15);2-3,5,10H,1,4H2;3-4H2,1-2H3;3-4H,1-2H3;4*1H4;(H,2,3,4,5);/q;;;;;;;;;;;;+1/p-1. The summed E-state index contributed by atoms with van der Waals surface area (Å²) in [7, 11) is -4.94. The summed E-state index contributed by atoms with van der Waals surface area (Å²) in [6.45, 7) is 14.4. The predicted octanol–water partition coefficient (Wildman–Crippen LogP) is 8.76. The van der Waals surface area contributed by atoms with Crippen molar-refractivity contribution in [2.45, 2.75) is 222 Å². The van der Waals surface area contributed by atoms with E-state index in [-0.39, 0.29) is 90.6 Å². The molecule has 23 heteroatoms. The van der Waals surface area contributed by atoms with Crippen LogP contribution in [-0.4, -0.2) is 97.5 Å². The molecular weight excluding hydrogens is 1310 g/mol. The molecule has 0 spiro atoms. The molecule has 5 aliphatic carbocycles. The normalized spacial score (nSPS) is 18.7. The quantitative estimate of drug-likeness (QED) is 0.0304. The van der Waals surface area contributed by atoms with E-state index in [4.69, 9.17) is 57.3 Å². The van der Waals surface area contributed by atoms with Gasteiger partial charge in [-0.25, -0.2) is 28.4 Å². The number of halogens is 1. The average molecular weight is 1420 g/mol. The number of aromatic hydroxyl groups is 3. The first-order chi connectivity index (χ1) is 46.2. The zero-order valence-corrected chi connectivity index (χ0v) is 57.2. The molecule has 0 amide bonds. The molecule has 552 valence electrons.